The molecular weight excluding hydrogens is 303 g/mol. The third-order valence-corrected chi connectivity index (χ3v) is 3.56. The average Bonchev–Trinajstić information content (AvgIpc) is 2.85. The molecule has 1 atom stereocenters. The number of halogens is 1. The van der Waals surface area contributed by atoms with Crippen LogP contribution < -0.4 is 4.74 Å². The highest BCUT2D eigenvalue weighted by molar-refractivity contribution is 6.41. The van der Waals surface area contributed by atoms with Crippen LogP contribution in [0.2, 0.25) is 0 Å². The zero-order valence-electron chi connectivity index (χ0n) is 11.8. The second-order valence-corrected chi connectivity index (χ2v) is 5.17. The van der Waals surface area contributed by atoms with Crippen LogP contribution in [0.4, 0.5) is 4.39 Å². The average molecular weight is 314 g/mol. The third-order valence-electron chi connectivity index (χ3n) is 3.56. The number of hydrogen-bond donors (Lipinski definition) is 1. The van der Waals surface area contributed by atoms with Crippen LogP contribution in [-0.2, 0) is 16.0 Å². The second-order valence-electron chi connectivity index (χ2n) is 5.17. The number of hydrogen-bond acceptors (Lipinski definition) is 4. The Morgan fingerprint density at radius 2 is 1.74 bits per heavy atom. The van der Waals surface area contributed by atoms with Gasteiger partial charge in [0.2, 0.25) is 11.9 Å². The van der Waals surface area contributed by atoms with Crippen LogP contribution in [-0.4, -0.2) is 28.7 Å². The molecule has 0 radical (unpaired) electrons. The van der Waals surface area contributed by atoms with Crippen molar-refractivity contribution in [3.8, 4) is 5.75 Å². The fraction of sp³-hybridized carbons (Fsp3) is 0.118. The number of rotatable bonds is 4. The first kappa shape index (κ1) is 14.9. The van der Waals surface area contributed by atoms with Crippen LogP contribution in [0.15, 0.2) is 42.5 Å². The van der Waals surface area contributed by atoms with Gasteiger partial charge >= 0.3 is 5.97 Å². The predicted octanol–water partition coefficient (Wildman–Crippen LogP) is 2.01. The fourth-order valence-electron chi connectivity index (χ4n) is 2.43. The molecule has 1 aliphatic heterocycles. The summed E-state index contributed by atoms with van der Waals surface area (Å²) in [4.78, 5) is 34.3. The second kappa shape index (κ2) is 5.64. The van der Waals surface area contributed by atoms with E-state index in [9.17, 15) is 18.8 Å². The van der Waals surface area contributed by atoms with E-state index in [-0.39, 0.29) is 17.1 Å². The highest BCUT2D eigenvalue weighted by atomic mass is 19.1. The molecule has 2 aromatic rings. The van der Waals surface area contributed by atoms with E-state index in [0.717, 1.165) is 11.1 Å². The highest BCUT2D eigenvalue weighted by Gasteiger charge is 2.41. The van der Waals surface area contributed by atoms with Crippen molar-refractivity contribution >= 4 is 17.5 Å². The molecule has 1 N–H and O–H groups in total. The molecule has 0 fully saturated rings. The van der Waals surface area contributed by atoms with Gasteiger partial charge in [0.15, 0.2) is 0 Å². The van der Waals surface area contributed by atoms with E-state index in [2.05, 4.69) is 0 Å². The quantitative estimate of drug-likeness (QED) is 0.690. The number of carboxylic acid groups (broad SMARTS) is 1. The molecule has 5 nitrogen and oxygen atoms in total. The lowest BCUT2D eigenvalue weighted by atomic mass is 9.99. The summed E-state index contributed by atoms with van der Waals surface area (Å²) in [5, 5.41) is 8.70. The number of carbonyl (C=O) groups excluding carboxylic acids is 2. The standard InChI is InChI=1S/C17H11FO5/c18-11-4-1-9(2-5-11)7-10-3-6-13-12(8-10)14(19)16(23-13)15(20)17(21)22/h1-6,8,16H,7H2,(H,21,22). The normalized spacial score (nSPS) is 15.9. The molecule has 0 bridgehead atoms. The molecule has 1 aliphatic rings. The number of ether oxygens (including phenoxy) is 1. The Balaban J connectivity index is 1.84. The summed E-state index contributed by atoms with van der Waals surface area (Å²) in [5.74, 6) is -3.79. The largest absolute Gasteiger partial charge is 0.475 e. The van der Waals surface area contributed by atoms with Crippen molar-refractivity contribution in [1.82, 2.24) is 0 Å². The molecule has 3 rings (SSSR count). The fourth-order valence-corrected chi connectivity index (χ4v) is 2.43. The number of benzene rings is 2. The predicted molar refractivity (Wildman–Crippen MR) is 77.0 cm³/mol. The number of Topliss-reactive ketones (excluding diaryl/α,β-unsaturated/α-hetero) is 2. The first-order valence-electron chi connectivity index (χ1n) is 6.81. The molecule has 0 saturated carbocycles. The van der Waals surface area contributed by atoms with Gasteiger partial charge in [0.1, 0.15) is 11.6 Å². The molecule has 1 unspecified atom stereocenters. The summed E-state index contributed by atoms with van der Waals surface area (Å²) in [6.07, 6.45) is -1.15. The molecule has 0 amide bonds. The molecule has 0 saturated heterocycles. The monoisotopic (exact) mass is 314 g/mol. The van der Waals surface area contributed by atoms with Gasteiger partial charge in [0.25, 0.3) is 5.78 Å². The van der Waals surface area contributed by atoms with Gasteiger partial charge in [-0.3, -0.25) is 9.59 Å². The van der Waals surface area contributed by atoms with Gasteiger partial charge in [-0.1, -0.05) is 18.2 Å². The van der Waals surface area contributed by atoms with Crippen LogP contribution in [0.3, 0.4) is 0 Å². The van der Waals surface area contributed by atoms with Crippen molar-refractivity contribution in [2.75, 3.05) is 0 Å². The van der Waals surface area contributed by atoms with Gasteiger partial charge in [-0.25, -0.2) is 9.18 Å². The molecule has 0 aliphatic carbocycles. The molecule has 1 heterocycles. The van der Waals surface area contributed by atoms with Gasteiger partial charge in [-0.2, -0.15) is 0 Å². The number of aliphatic carboxylic acids is 1. The zero-order valence-corrected chi connectivity index (χ0v) is 11.8. The zero-order chi connectivity index (χ0) is 16.6. The van der Waals surface area contributed by atoms with Crippen LogP contribution in [0.5, 0.6) is 5.75 Å². The Kier molecular flexibility index (Phi) is 3.65. The summed E-state index contributed by atoms with van der Waals surface area (Å²) < 4.78 is 18.0. The molecule has 0 aromatic heterocycles. The van der Waals surface area contributed by atoms with Crippen molar-refractivity contribution in [2.45, 2.75) is 12.5 Å². The summed E-state index contributed by atoms with van der Waals surface area (Å²) >= 11 is 0. The first-order valence-corrected chi connectivity index (χ1v) is 6.81. The first-order chi connectivity index (χ1) is 11.0. The van der Waals surface area contributed by atoms with Gasteiger partial charge in [0, 0.05) is 0 Å². The maximum Gasteiger partial charge on any atom is 0.376 e. The van der Waals surface area contributed by atoms with E-state index >= 15 is 0 Å². The Hall–Kier alpha value is -3.02. The number of carboxylic acids is 1. The molecule has 116 valence electrons. The lowest BCUT2D eigenvalue weighted by Crippen LogP contribution is -2.36. The van der Waals surface area contributed by atoms with E-state index in [1.165, 1.54) is 18.2 Å². The Morgan fingerprint density at radius 1 is 1.09 bits per heavy atom. The maximum atomic E-state index is 12.9. The lowest BCUT2D eigenvalue weighted by Gasteiger charge is -2.04. The minimum absolute atomic E-state index is 0.184. The highest BCUT2D eigenvalue weighted by Crippen LogP contribution is 2.30. The topological polar surface area (TPSA) is 80.7 Å². The summed E-state index contributed by atoms with van der Waals surface area (Å²) in [5.41, 5.74) is 1.82. The molecule has 0 spiro atoms. The van der Waals surface area contributed by atoms with Crippen LogP contribution in [0, 0.1) is 5.82 Å². The molecular formula is C17H11FO5. The van der Waals surface area contributed by atoms with Gasteiger partial charge < -0.3 is 9.84 Å². The number of ketones is 2. The van der Waals surface area contributed by atoms with Gasteiger partial charge in [0.05, 0.1) is 5.56 Å². The van der Waals surface area contributed by atoms with Crippen LogP contribution in [0.1, 0.15) is 21.5 Å². The van der Waals surface area contributed by atoms with E-state index in [4.69, 9.17) is 9.84 Å². The lowest BCUT2D eigenvalue weighted by molar-refractivity contribution is -0.151. The van der Waals surface area contributed by atoms with Crippen molar-refractivity contribution in [1.29, 1.82) is 0 Å². The van der Waals surface area contributed by atoms with Crippen molar-refractivity contribution in [3.05, 3.63) is 65.0 Å². The number of fused-ring (bicyclic) bond motifs is 1. The van der Waals surface area contributed by atoms with E-state index in [0.29, 0.717) is 6.42 Å². The smallest absolute Gasteiger partial charge is 0.376 e. The van der Waals surface area contributed by atoms with Crippen molar-refractivity contribution < 1.29 is 28.6 Å². The van der Waals surface area contributed by atoms with E-state index < -0.39 is 23.6 Å². The Morgan fingerprint density at radius 3 is 2.39 bits per heavy atom. The van der Waals surface area contributed by atoms with Crippen LogP contribution >= 0.6 is 0 Å². The van der Waals surface area contributed by atoms with Crippen molar-refractivity contribution in [2.24, 2.45) is 0 Å². The maximum absolute atomic E-state index is 12.9. The minimum atomic E-state index is -1.71. The number of carbonyl (C=O) groups is 3. The van der Waals surface area contributed by atoms with Gasteiger partial charge in [-0.15, -0.1) is 0 Å². The minimum Gasteiger partial charge on any atom is -0.475 e. The van der Waals surface area contributed by atoms with E-state index in [1.807, 2.05) is 0 Å². The van der Waals surface area contributed by atoms with E-state index in [1.54, 1.807) is 24.3 Å². The third kappa shape index (κ3) is 2.83. The summed E-state index contributed by atoms with van der Waals surface area (Å²) in [6, 6.07) is 10.8. The molecule has 6 heteroatoms. The molecule has 23 heavy (non-hydrogen) atoms. The SMILES string of the molecule is O=C(O)C(=O)C1Oc2ccc(Cc3ccc(F)cc3)cc2C1=O. The Bertz CT molecular complexity index is 810. The van der Waals surface area contributed by atoms with Gasteiger partial charge in [-0.05, 0) is 41.8 Å². The summed E-state index contributed by atoms with van der Waals surface area (Å²) in [7, 11) is 0. The Labute approximate surface area is 130 Å². The van der Waals surface area contributed by atoms with Crippen molar-refractivity contribution in [3.63, 3.8) is 0 Å². The molecule has 2 aromatic carbocycles. The summed E-state index contributed by atoms with van der Waals surface area (Å²) in [6.45, 7) is 0. The van der Waals surface area contributed by atoms with Crippen LogP contribution in [0.25, 0.3) is 0 Å².